The second-order valence-corrected chi connectivity index (χ2v) is 5.56. The van der Waals surface area contributed by atoms with E-state index in [1.54, 1.807) is 0 Å². The van der Waals surface area contributed by atoms with Crippen molar-refractivity contribution in [3.05, 3.63) is 30.0 Å². The zero-order valence-corrected chi connectivity index (χ0v) is 11.8. The molecule has 3 N–H and O–H groups in total. The van der Waals surface area contributed by atoms with E-state index in [9.17, 15) is 0 Å². The first-order valence-corrected chi connectivity index (χ1v) is 7.12. The number of para-hydroxylation sites is 1. The second-order valence-electron chi connectivity index (χ2n) is 5.56. The van der Waals surface area contributed by atoms with E-state index in [0.717, 1.165) is 18.8 Å². The first-order valence-electron chi connectivity index (χ1n) is 7.12. The molecule has 1 aromatic carbocycles. The Morgan fingerprint density at radius 2 is 2.20 bits per heavy atom. The molecule has 5 nitrogen and oxygen atoms in total. The van der Waals surface area contributed by atoms with Crippen molar-refractivity contribution in [2.24, 2.45) is 12.8 Å². The minimum Gasteiger partial charge on any atom is -0.388 e. The van der Waals surface area contributed by atoms with Crippen molar-refractivity contribution in [2.75, 3.05) is 6.54 Å². The number of hydrogen-bond acceptors (Lipinski definition) is 3. The minimum atomic E-state index is 0.265. The van der Waals surface area contributed by atoms with Gasteiger partial charge in [-0.1, -0.05) is 18.2 Å². The molecule has 5 heteroatoms. The van der Waals surface area contributed by atoms with Gasteiger partial charge < -0.3 is 5.73 Å². The van der Waals surface area contributed by atoms with Crippen LogP contribution in [0.2, 0.25) is 0 Å². The highest BCUT2D eigenvalue weighted by atomic mass is 15.3. The van der Waals surface area contributed by atoms with Gasteiger partial charge in [0, 0.05) is 38.0 Å². The monoisotopic (exact) mass is 271 g/mol. The molecule has 1 aliphatic rings. The zero-order chi connectivity index (χ0) is 14.1. The summed E-state index contributed by atoms with van der Waals surface area (Å²) in [5.74, 6) is 0.265. The molecule has 0 unspecified atom stereocenters. The average Bonchev–Trinajstić information content (AvgIpc) is 3.22. The van der Waals surface area contributed by atoms with Gasteiger partial charge in [0.1, 0.15) is 0 Å². The third-order valence-corrected chi connectivity index (χ3v) is 3.92. The van der Waals surface area contributed by atoms with Crippen molar-refractivity contribution < 1.29 is 0 Å². The van der Waals surface area contributed by atoms with E-state index in [4.69, 9.17) is 11.1 Å². The Balaban J connectivity index is 1.81. The highest BCUT2D eigenvalue weighted by Gasteiger charge is 2.29. The van der Waals surface area contributed by atoms with E-state index in [-0.39, 0.29) is 5.84 Å². The molecule has 1 saturated carbocycles. The van der Waals surface area contributed by atoms with Crippen LogP contribution >= 0.6 is 0 Å². The van der Waals surface area contributed by atoms with Gasteiger partial charge in [-0.25, -0.2) is 0 Å². The normalized spacial score (nSPS) is 15.1. The Hall–Kier alpha value is -1.88. The van der Waals surface area contributed by atoms with Crippen LogP contribution in [-0.4, -0.2) is 33.1 Å². The Labute approximate surface area is 118 Å². The molecule has 1 fully saturated rings. The molecule has 1 aromatic heterocycles. The van der Waals surface area contributed by atoms with Crippen LogP contribution in [0.3, 0.4) is 0 Å². The number of fused-ring (bicyclic) bond motifs is 1. The van der Waals surface area contributed by atoms with Crippen LogP contribution in [0.25, 0.3) is 10.9 Å². The average molecular weight is 271 g/mol. The molecule has 0 amide bonds. The maximum Gasteiger partial charge on any atom is 0.0918 e. The van der Waals surface area contributed by atoms with Gasteiger partial charge >= 0.3 is 0 Å². The first kappa shape index (κ1) is 13.1. The Kier molecular flexibility index (Phi) is 3.44. The molecule has 0 atom stereocenters. The van der Waals surface area contributed by atoms with E-state index in [0.29, 0.717) is 12.5 Å². The maximum absolute atomic E-state index is 7.40. The maximum atomic E-state index is 7.40. The standard InChI is InChI=1S/C15H21N5/c1-19-14-5-3-2-4-12(14)13(18-19)10-20(11-6-7-11)9-8-15(16)17/h2-5,11H,6-10H2,1H3,(H3,16,17). The fraction of sp³-hybridized carbons (Fsp3) is 0.467. The summed E-state index contributed by atoms with van der Waals surface area (Å²) >= 11 is 0. The van der Waals surface area contributed by atoms with Crippen molar-refractivity contribution in [1.29, 1.82) is 5.41 Å². The van der Waals surface area contributed by atoms with E-state index in [2.05, 4.69) is 28.2 Å². The molecule has 0 aliphatic heterocycles. The van der Waals surface area contributed by atoms with Crippen LogP contribution in [0.4, 0.5) is 0 Å². The second kappa shape index (κ2) is 5.25. The summed E-state index contributed by atoms with van der Waals surface area (Å²) in [5.41, 5.74) is 7.78. The Bertz CT molecular complexity index is 626. The fourth-order valence-corrected chi connectivity index (χ4v) is 2.69. The van der Waals surface area contributed by atoms with Gasteiger partial charge in [-0.2, -0.15) is 5.10 Å². The summed E-state index contributed by atoms with van der Waals surface area (Å²) in [6.45, 7) is 1.70. The van der Waals surface area contributed by atoms with Gasteiger partial charge in [-0.05, 0) is 18.9 Å². The van der Waals surface area contributed by atoms with Crippen LogP contribution in [0, 0.1) is 5.41 Å². The van der Waals surface area contributed by atoms with E-state index in [1.165, 1.54) is 23.7 Å². The van der Waals surface area contributed by atoms with Crippen LogP contribution in [0.15, 0.2) is 24.3 Å². The molecule has 3 rings (SSSR count). The Morgan fingerprint density at radius 1 is 1.45 bits per heavy atom. The van der Waals surface area contributed by atoms with Crippen molar-refractivity contribution in [3.63, 3.8) is 0 Å². The van der Waals surface area contributed by atoms with Crippen molar-refractivity contribution >= 4 is 16.7 Å². The Morgan fingerprint density at radius 3 is 2.90 bits per heavy atom. The first-order chi connectivity index (χ1) is 9.65. The number of aromatic nitrogens is 2. The summed E-state index contributed by atoms with van der Waals surface area (Å²) in [6, 6.07) is 8.98. The van der Waals surface area contributed by atoms with Crippen molar-refractivity contribution in [2.45, 2.75) is 31.8 Å². The largest absolute Gasteiger partial charge is 0.388 e. The zero-order valence-electron chi connectivity index (χ0n) is 11.8. The number of amidine groups is 1. The number of hydrogen-bond donors (Lipinski definition) is 2. The molecule has 20 heavy (non-hydrogen) atoms. The third-order valence-electron chi connectivity index (χ3n) is 3.92. The predicted molar refractivity (Wildman–Crippen MR) is 80.7 cm³/mol. The number of benzene rings is 1. The quantitative estimate of drug-likeness (QED) is 0.622. The molecular weight excluding hydrogens is 250 g/mol. The van der Waals surface area contributed by atoms with Gasteiger partial charge in [0.15, 0.2) is 0 Å². The minimum absolute atomic E-state index is 0.265. The summed E-state index contributed by atoms with van der Waals surface area (Å²) in [4.78, 5) is 2.41. The van der Waals surface area contributed by atoms with E-state index < -0.39 is 0 Å². The van der Waals surface area contributed by atoms with Gasteiger partial charge in [0.05, 0.1) is 17.0 Å². The van der Waals surface area contributed by atoms with Gasteiger partial charge in [-0.3, -0.25) is 15.0 Å². The summed E-state index contributed by atoms with van der Waals surface area (Å²) in [6.07, 6.45) is 3.15. The van der Waals surface area contributed by atoms with Crippen molar-refractivity contribution in [1.82, 2.24) is 14.7 Å². The molecule has 0 bridgehead atoms. The number of nitrogens with zero attached hydrogens (tertiary/aromatic N) is 3. The van der Waals surface area contributed by atoms with Gasteiger partial charge in [0.2, 0.25) is 0 Å². The van der Waals surface area contributed by atoms with Gasteiger partial charge in [0.25, 0.3) is 0 Å². The highest BCUT2D eigenvalue weighted by molar-refractivity contribution is 5.81. The van der Waals surface area contributed by atoms with Crippen LogP contribution in [-0.2, 0) is 13.6 Å². The van der Waals surface area contributed by atoms with Crippen molar-refractivity contribution in [3.8, 4) is 0 Å². The van der Waals surface area contributed by atoms with E-state index >= 15 is 0 Å². The molecule has 1 heterocycles. The van der Waals surface area contributed by atoms with Crippen LogP contribution in [0.1, 0.15) is 25.0 Å². The molecular formula is C15H21N5. The number of rotatable bonds is 6. The topological polar surface area (TPSA) is 70.9 Å². The summed E-state index contributed by atoms with van der Waals surface area (Å²) < 4.78 is 1.95. The SMILES string of the molecule is Cn1nc(CN(CCC(=N)N)C2CC2)c2ccccc21. The van der Waals surface area contributed by atoms with Crippen LogP contribution in [0.5, 0.6) is 0 Å². The lowest BCUT2D eigenvalue weighted by molar-refractivity contribution is 0.259. The number of aryl methyl sites for hydroxylation is 1. The van der Waals surface area contributed by atoms with Crippen LogP contribution < -0.4 is 5.73 Å². The van der Waals surface area contributed by atoms with E-state index in [1.807, 2.05) is 17.8 Å². The van der Waals surface area contributed by atoms with Gasteiger partial charge in [-0.15, -0.1) is 0 Å². The lowest BCUT2D eigenvalue weighted by atomic mass is 10.2. The molecule has 0 spiro atoms. The highest BCUT2D eigenvalue weighted by Crippen LogP contribution is 2.29. The summed E-state index contributed by atoms with van der Waals surface area (Å²) in [5, 5.41) is 13.3. The third kappa shape index (κ3) is 2.67. The molecule has 0 saturated heterocycles. The number of nitrogens with one attached hydrogen (secondary N) is 1. The molecule has 2 aromatic rings. The predicted octanol–water partition coefficient (Wildman–Crippen LogP) is 1.86. The smallest absolute Gasteiger partial charge is 0.0918 e. The lowest BCUT2D eigenvalue weighted by Gasteiger charge is -2.20. The molecule has 1 aliphatic carbocycles. The fourth-order valence-electron chi connectivity index (χ4n) is 2.69. The molecule has 0 radical (unpaired) electrons. The number of nitrogens with two attached hydrogens (primary N) is 1. The summed E-state index contributed by atoms with van der Waals surface area (Å²) in [7, 11) is 1.99. The molecule has 106 valence electrons. The lowest BCUT2D eigenvalue weighted by Crippen LogP contribution is -2.29.